The van der Waals surface area contributed by atoms with Gasteiger partial charge < -0.3 is 9.47 Å². The van der Waals surface area contributed by atoms with E-state index in [1.165, 1.54) is 0 Å². The van der Waals surface area contributed by atoms with Crippen LogP contribution >= 0.6 is 27.5 Å². The summed E-state index contributed by atoms with van der Waals surface area (Å²) in [5.41, 5.74) is 1.05. The maximum absolute atomic E-state index is 5.77. The van der Waals surface area contributed by atoms with Crippen LogP contribution in [0.4, 0.5) is 0 Å². The van der Waals surface area contributed by atoms with E-state index in [1.807, 2.05) is 48.5 Å². The number of rotatable bonds is 6. The first-order valence-corrected chi connectivity index (χ1v) is 7.27. The molecule has 0 aliphatic heterocycles. The van der Waals surface area contributed by atoms with E-state index < -0.39 is 0 Å². The van der Waals surface area contributed by atoms with Gasteiger partial charge in [0.2, 0.25) is 0 Å². The Labute approximate surface area is 126 Å². The Morgan fingerprint density at radius 2 is 1.53 bits per heavy atom. The summed E-state index contributed by atoms with van der Waals surface area (Å²) in [7, 11) is 0. The van der Waals surface area contributed by atoms with E-state index in [9.17, 15) is 0 Å². The minimum atomic E-state index is 0.492. The molecule has 2 aromatic rings. The lowest BCUT2D eigenvalue weighted by molar-refractivity contribution is 0.217. The van der Waals surface area contributed by atoms with Crippen molar-refractivity contribution in [2.75, 3.05) is 13.2 Å². The van der Waals surface area contributed by atoms with Gasteiger partial charge in [0.15, 0.2) is 0 Å². The number of ether oxygens (including phenoxy) is 2. The number of benzene rings is 2. The second kappa shape index (κ2) is 7.41. The standard InChI is InChI=1S/C15H14BrClO2/c16-13-4-2-6-15(10-13)19-8-7-18-14-5-1-3-12(9-14)11-17/h1-6,9-10H,7-8,11H2. The van der Waals surface area contributed by atoms with Crippen molar-refractivity contribution in [1.29, 1.82) is 0 Å². The fourth-order valence-electron chi connectivity index (χ4n) is 1.59. The lowest BCUT2D eigenvalue weighted by Gasteiger charge is -2.09. The minimum absolute atomic E-state index is 0.492. The van der Waals surface area contributed by atoms with Crippen molar-refractivity contribution in [2.45, 2.75) is 5.88 Å². The van der Waals surface area contributed by atoms with E-state index in [4.69, 9.17) is 21.1 Å². The maximum atomic E-state index is 5.77. The molecule has 0 aromatic heterocycles. The summed E-state index contributed by atoms with van der Waals surface area (Å²) in [6.07, 6.45) is 0. The topological polar surface area (TPSA) is 18.5 Å². The summed E-state index contributed by atoms with van der Waals surface area (Å²) in [6, 6.07) is 15.5. The summed E-state index contributed by atoms with van der Waals surface area (Å²) in [5, 5.41) is 0. The highest BCUT2D eigenvalue weighted by Crippen LogP contribution is 2.18. The number of alkyl halides is 1. The quantitative estimate of drug-likeness (QED) is 0.562. The maximum Gasteiger partial charge on any atom is 0.122 e. The van der Waals surface area contributed by atoms with Gasteiger partial charge in [-0.1, -0.05) is 34.1 Å². The highest BCUT2D eigenvalue weighted by Gasteiger charge is 1.98. The zero-order chi connectivity index (χ0) is 13.5. The van der Waals surface area contributed by atoms with E-state index in [0.717, 1.165) is 21.5 Å². The van der Waals surface area contributed by atoms with Gasteiger partial charge in [0.25, 0.3) is 0 Å². The van der Waals surface area contributed by atoms with Gasteiger partial charge in [0.1, 0.15) is 24.7 Å². The first kappa shape index (κ1) is 14.2. The fourth-order valence-corrected chi connectivity index (χ4v) is 2.14. The van der Waals surface area contributed by atoms with Crippen LogP contribution in [0.25, 0.3) is 0 Å². The third-order valence-electron chi connectivity index (χ3n) is 2.47. The molecule has 0 unspecified atom stereocenters. The molecular formula is C15H14BrClO2. The molecule has 0 atom stereocenters. The average molecular weight is 342 g/mol. The lowest BCUT2D eigenvalue weighted by atomic mass is 10.2. The lowest BCUT2D eigenvalue weighted by Crippen LogP contribution is -2.09. The van der Waals surface area contributed by atoms with Crippen molar-refractivity contribution in [3.8, 4) is 11.5 Å². The summed E-state index contributed by atoms with van der Waals surface area (Å²) in [5.74, 6) is 2.13. The molecule has 2 aromatic carbocycles. The molecular weight excluding hydrogens is 328 g/mol. The first-order chi connectivity index (χ1) is 9.28. The van der Waals surface area contributed by atoms with E-state index >= 15 is 0 Å². The molecule has 0 fully saturated rings. The van der Waals surface area contributed by atoms with Gasteiger partial charge in [-0.25, -0.2) is 0 Å². The zero-order valence-corrected chi connectivity index (χ0v) is 12.7. The first-order valence-electron chi connectivity index (χ1n) is 5.94. The number of hydrogen-bond acceptors (Lipinski definition) is 2. The molecule has 0 N–H and O–H groups in total. The molecule has 0 aliphatic carbocycles. The van der Waals surface area contributed by atoms with Crippen LogP contribution in [0, 0.1) is 0 Å². The van der Waals surface area contributed by atoms with E-state index in [-0.39, 0.29) is 0 Å². The second-order valence-electron chi connectivity index (χ2n) is 3.94. The van der Waals surface area contributed by atoms with Gasteiger partial charge in [-0.2, -0.15) is 0 Å². The minimum Gasteiger partial charge on any atom is -0.490 e. The van der Waals surface area contributed by atoms with Gasteiger partial charge in [0.05, 0.1) is 0 Å². The molecule has 0 saturated carbocycles. The fraction of sp³-hybridized carbons (Fsp3) is 0.200. The Bertz CT molecular complexity index is 531. The predicted molar refractivity (Wildman–Crippen MR) is 81.1 cm³/mol. The van der Waals surface area contributed by atoms with Crippen molar-refractivity contribution >= 4 is 27.5 Å². The van der Waals surface area contributed by atoms with Crippen LogP contribution in [0.1, 0.15) is 5.56 Å². The van der Waals surface area contributed by atoms with Crippen molar-refractivity contribution in [3.63, 3.8) is 0 Å². The van der Waals surface area contributed by atoms with E-state index in [0.29, 0.717) is 19.1 Å². The van der Waals surface area contributed by atoms with Crippen LogP contribution in [0.2, 0.25) is 0 Å². The van der Waals surface area contributed by atoms with Crippen LogP contribution in [0.15, 0.2) is 53.0 Å². The van der Waals surface area contributed by atoms with E-state index in [2.05, 4.69) is 15.9 Å². The highest BCUT2D eigenvalue weighted by molar-refractivity contribution is 9.10. The molecule has 0 heterocycles. The van der Waals surface area contributed by atoms with Crippen molar-refractivity contribution in [1.82, 2.24) is 0 Å². The summed E-state index contributed by atoms with van der Waals surface area (Å²) in [4.78, 5) is 0. The predicted octanol–water partition coefficient (Wildman–Crippen LogP) is 4.65. The number of hydrogen-bond donors (Lipinski definition) is 0. The normalized spacial score (nSPS) is 10.2. The summed E-state index contributed by atoms with van der Waals surface area (Å²) in [6.45, 7) is 1.000. The van der Waals surface area contributed by atoms with Gasteiger partial charge >= 0.3 is 0 Å². The van der Waals surface area contributed by atoms with Crippen LogP contribution in [0.3, 0.4) is 0 Å². The molecule has 0 radical (unpaired) electrons. The van der Waals surface area contributed by atoms with Crippen molar-refractivity contribution in [2.24, 2.45) is 0 Å². The Morgan fingerprint density at radius 1 is 0.895 bits per heavy atom. The average Bonchev–Trinajstić information content (AvgIpc) is 2.44. The SMILES string of the molecule is ClCc1cccc(OCCOc2cccc(Br)c2)c1. The highest BCUT2D eigenvalue weighted by atomic mass is 79.9. The van der Waals surface area contributed by atoms with Crippen molar-refractivity contribution < 1.29 is 9.47 Å². The molecule has 19 heavy (non-hydrogen) atoms. The molecule has 0 saturated heterocycles. The van der Waals surface area contributed by atoms with Crippen LogP contribution in [-0.4, -0.2) is 13.2 Å². The van der Waals surface area contributed by atoms with Crippen LogP contribution in [-0.2, 0) is 5.88 Å². The third kappa shape index (κ3) is 4.77. The van der Waals surface area contributed by atoms with Gasteiger partial charge in [-0.15, -0.1) is 11.6 Å². The molecule has 2 rings (SSSR count). The van der Waals surface area contributed by atoms with E-state index in [1.54, 1.807) is 0 Å². The Kier molecular flexibility index (Phi) is 5.55. The van der Waals surface area contributed by atoms with Gasteiger partial charge in [0, 0.05) is 10.4 Å². The molecule has 0 spiro atoms. The van der Waals surface area contributed by atoms with Gasteiger partial charge in [-0.3, -0.25) is 0 Å². The molecule has 100 valence electrons. The monoisotopic (exact) mass is 340 g/mol. The zero-order valence-electron chi connectivity index (χ0n) is 10.3. The largest absolute Gasteiger partial charge is 0.490 e. The number of halogens is 2. The Hall–Kier alpha value is -1.19. The Balaban J connectivity index is 1.77. The van der Waals surface area contributed by atoms with Crippen molar-refractivity contribution in [3.05, 3.63) is 58.6 Å². The summed E-state index contributed by atoms with van der Waals surface area (Å²) >= 11 is 9.17. The third-order valence-corrected chi connectivity index (χ3v) is 3.27. The second-order valence-corrected chi connectivity index (χ2v) is 5.12. The summed E-state index contributed by atoms with van der Waals surface area (Å²) < 4.78 is 12.2. The van der Waals surface area contributed by atoms with Crippen LogP contribution < -0.4 is 9.47 Å². The Morgan fingerprint density at radius 3 is 2.16 bits per heavy atom. The van der Waals surface area contributed by atoms with Gasteiger partial charge in [-0.05, 0) is 35.9 Å². The molecule has 0 aliphatic rings. The molecule has 0 amide bonds. The van der Waals surface area contributed by atoms with Crippen LogP contribution in [0.5, 0.6) is 11.5 Å². The molecule has 4 heteroatoms. The molecule has 2 nitrogen and oxygen atoms in total. The smallest absolute Gasteiger partial charge is 0.122 e. The molecule has 0 bridgehead atoms.